The van der Waals surface area contributed by atoms with Crippen LogP contribution in [-0.2, 0) is 4.79 Å². The predicted octanol–water partition coefficient (Wildman–Crippen LogP) is 5.45. The van der Waals surface area contributed by atoms with E-state index in [0.29, 0.717) is 23.4 Å². The third-order valence-corrected chi connectivity index (χ3v) is 6.04. The monoisotopic (exact) mass is 419 g/mol. The summed E-state index contributed by atoms with van der Waals surface area (Å²) in [7, 11) is 0. The first-order chi connectivity index (χ1) is 13.3. The first kappa shape index (κ1) is 20.7. The standard InChI is InChI=1S/C21H23ClFN3OS/c1-4-21(2,3)11-17(27)15-12-25-19(20-24-8-9-28-20)26-18(15)14-7-5-6-13(23)10-16(14)22/h5,7-10,12,18H,4,6,11H2,1-3H3,(H,25,26). The van der Waals surface area contributed by atoms with Gasteiger partial charge in [-0.1, -0.05) is 50.9 Å². The maximum atomic E-state index is 13.8. The van der Waals surface area contributed by atoms with Gasteiger partial charge in [0.05, 0.1) is 0 Å². The lowest BCUT2D eigenvalue weighted by Gasteiger charge is -2.27. The number of thiazole rings is 1. The van der Waals surface area contributed by atoms with E-state index in [1.807, 2.05) is 5.38 Å². The molecule has 148 valence electrons. The molecule has 0 radical (unpaired) electrons. The fourth-order valence-corrected chi connectivity index (χ4v) is 3.81. The van der Waals surface area contributed by atoms with E-state index in [4.69, 9.17) is 16.6 Å². The molecule has 1 N–H and O–H groups in total. The molecule has 1 unspecified atom stereocenters. The van der Waals surface area contributed by atoms with Gasteiger partial charge in [-0.2, -0.15) is 0 Å². The van der Waals surface area contributed by atoms with Crippen molar-refractivity contribution in [3.05, 3.63) is 63.0 Å². The Labute approximate surface area is 173 Å². The Balaban J connectivity index is 2.02. The molecular formula is C21H23ClFN3OS. The van der Waals surface area contributed by atoms with E-state index in [-0.39, 0.29) is 28.5 Å². The fourth-order valence-electron chi connectivity index (χ4n) is 2.93. The number of nitrogens with zero attached hydrogens (tertiary/aromatic N) is 2. The van der Waals surface area contributed by atoms with E-state index in [9.17, 15) is 9.18 Å². The topological polar surface area (TPSA) is 54.4 Å². The second-order valence-corrected chi connectivity index (χ2v) is 8.88. The number of Topliss-reactive ketones (excluding diaryl/α,β-unsaturated/α-hetero) is 1. The van der Waals surface area contributed by atoms with E-state index in [2.05, 4.69) is 31.1 Å². The summed E-state index contributed by atoms with van der Waals surface area (Å²) in [5.74, 6) is 0.258. The maximum absolute atomic E-state index is 13.8. The number of aliphatic imine (C=N–C) groups is 1. The normalized spacial score (nSPS) is 20.2. The van der Waals surface area contributed by atoms with E-state index in [1.54, 1.807) is 24.5 Å². The molecule has 2 heterocycles. The highest BCUT2D eigenvalue weighted by Crippen LogP contribution is 2.33. The second kappa shape index (κ2) is 8.53. The van der Waals surface area contributed by atoms with Crippen molar-refractivity contribution in [1.29, 1.82) is 0 Å². The predicted molar refractivity (Wildman–Crippen MR) is 113 cm³/mol. The number of halogens is 2. The molecule has 3 rings (SSSR count). The second-order valence-electron chi connectivity index (χ2n) is 7.58. The lowest BCUT2D eigenvalue weighted by molar-refractivity contribution is -0.117. The van der Waals surface area contributed by atoms with E-state index in [0.717, 1.165) is 11.4 Å². The van der Waals surface area contributed by atoms with Gasteiger partial charge in [0.15, 0.2) is 16.6 Å². The average molecular weight is 420 g/mol. The Bertz CT molecular complexity index is 910. The Hall–Kier alpha value is -2.05. The fraction of sp³-hybridized carbons (Fsp3) is 0.381. The number of aromatic nitrogens is 1. The largest absolute Gasteiger partial charge is 0.344 e. The Kier molecular flexibility index (Phi) is 6.30. The molecule has 1 aromatic rings. The highest BCUT2D eigenvalue weighted by molar-refractivity contribution is 7.11. The van der Waals surface area contributed by atoms with Crippen LogP contribution in [0.1, 0.15) is 45.0 Å². The van der Waals surface area contributed by atoms with Crippen LogP contribution in [0.25, 0.3) is 0 Å². The summed E-state index contributed by atoms with van der Waals surface area (Å²) in [5, 5.41) is 5.94. The Morgan fingerprint density at radius 1 is 1.46 bits per heavy atom. The van der Waals surface area contributed by atoms with Crippen LogP contribution in [0.3, 0.4) is 0 Å². The van der Waals surface area contributed by atoms with Crippen LogP contribution in [-0.4, -0.2) is 22.6 Å². The molecule has 7 heteroatoms. The van der Waals surface area contributed by atoms with Crippen LogP contribution in [0, 0.1) is 5.41 Å². The molecule has 1 atom stereocenters. The van der Waals surface area contributed by atoms with E-state index >= 15 is 0 Å². The van der Waals surface area contributed by atoms with Crippen LogP contribution in [0.4, 0.5) is 4.39 Å². The molecule has 1 aliphatic heterocycles. The molecule has 28 heavy (non-hydrogen) atoms. The minimum absolute atomic E-state index is 0.00496. The van der Waals surface area contributed by atoms with Gasteiger partial charge in [-0.3, -0.25) is 9.79 Å². The maximum Gasteiger partial charge on any atom is 0.163 e. The minimum atomic E-state index is -0.605. The molecule has 0 bridgehead atoms. The van der Waals surface area contributed by atoms with Gasteiger partial charge < -0.3 is 5.32 Å². The number of rotatable bonds is 6. The van der Waals surface area contributed by atoms with Gasteiger partial charge in [0.25, 0.3) is 0 Å². The lowest BCUT2D eigenvalue weighted by Crippen LogP contribution is -2.33. The van der Waals surface area contributed by atoms with Crippen molar-refractivity contribution in [3.63, 3.8) is 0 Å². The number of hydrogen-bond donors (Lipinski definition) is 1. The molecule has 0 saturated heterocycles. The van der Waals surface area contributed by atoms with Crippen LogP contribution >= 0.6 is 22.9 Å². The van der Waals surface area contributed by atoms with E-state index in [1.165, 1.54) is 17.4 Å². The van der Waals surface area contributed by atoms with Gasteiger partial charge in [-0.25, -0.2) is 9.37 Å². The van der Waals surface area contributed by atoms with Crippen molar-refractivity contribution in [1.82, 2.24) is 10.3 Å². The Morgan fingerprint density at radius 2 is 2.25 bits per heavy atom. The molecule has 0 spiro atoms. The van der Waals surface area contributed by atoms with Crippen molar-refractivity contribution < 1.29 is 9.18 Å². The van der Waals surface area contributed by atoms with Crippen LogP contribution in [0.2, 0.25) is 0 Å². The number of carbonyl (C=O) groups is 1. The van der Waals surface area contributed by atoms with Crippen molar-refractivity contribution in [3.8, 4) is 0 Å². The van der Waals surface area contributed by atoms with Crippen LogP contribution in [0.5, 0.6) is 0 Å². The number of carbonyl (C=O) groups excluding carboxylic acids is 1. The highest BCUT2D eigenvalue weighted by Gasteiger charge is 2.32. The Morgan fingerprint density at radius 3 is 2.93 bits per heavy atom. The summed E-state index contributed by atoms with van der Waals surface area (Å²) in [6.07, 6.45) is 9.61. The van der Waals surface area contributed by atoms with Gasteiger partial charge in [0, 0.05) is 41.2 Å². The summed E-state index contributed by atoms with van der Waals surface area (Å²) >= 11 is 7.84. The number of nitrogens with one attached hydrogen (secondary N) is 1. The SMILES string of the molecule is CCC(C)(C)CC(=O)C1=CNC(c2nccs2)=NC1C1=C(Cl)C=C(F)CC=C1. The number of amidine groups is 1. The van der Waals surface area contributed by atoms with Crippen molar-refractivity contribution in [2.45, 2.75) is 46.1 Å². The quantitative estimate of drug-likeness (QED) is 0.667. The van der Waals surface area contributed by atoms with Crippen molar-refractivity contribution in [2.24, 2.45) is 10.4 Å². The first-order valence-electron chi connectivity index (χ1n) is 9.20. The summed E-state index contributed by atoms with van der Waals surface area (Å²) in [6, 6.07) is -0.605. The highest BCUT2D eigenvalue weighted by atomic mass is 35.5. The number of ketones is 1. The third-order valence-electron chi connectivity index (χ3n) is 4.93. The number of hydrogen-bond acceptors (Lipinski definition) is 5. The van der Waals surface area contributed by atoms with E-state index < -0.39 is 6.04 Å². The molecule has 0 aromatic carbocycles. The zero-order chi connectivity index (χ0) is 20.3. The summed E-state index contributed by atoms with van der Waals surface area (Å²) in [5.41, 5.74) is 1.01. The molecule has 2 aliphatic rings. The molecule has 0 saturated carbocycles. The van der Waals surface area contributed by atoms with Gasteiger partial charge in [-0.05, 0) is 17.1 Å². The van der Waals surface area contributed by atoms with Crippen molar-refractivity contribution >= 4 is 34.6 Å². The zero-order valence-electron chi connectivity index (χ0n) is 16.1. The number of allylic oxidation sites excluding steroid dienone is 4. The molecule has 1 aliphatic carbocycles. The van der Waals surface area contributed by atoms with Crippen LogP contribution in [0.15, 0.2) is 63.0 Å². The van der Waals surface area contributed by atoms with Crippen LogP contribution < -0.4 is 5.32 Å². The molecule has 4 nitrogen and oxygen atoms in total. The third kappa shape index (κ3) is 4.67. The molecular weight excluding hydrogens is 397 g/mol. The zero-order valence-corrected chi connectivity index (χ0v) is 17.7. The van der Waals surface area contributed by atoms with Gasteiger partial charge in [0.1, 0.15) is 11.9 Å². The van der Waals surface area contributed by atoms with Gasteiger partial charge in [-0.15, -0.1) is 11.3 Å². The summed E-state index contributed by atoms with van der Waals surface area (Å²) in [4.78, 5) is 22.1. The van der Waals surface area contributed by atoms with Gasteiger partial charge in [0.2, 0.25) is 0 Å². The molecule has 0 amide bonds. The summed E-state index contributed by atoms with van der Waals surface area (Å²) < 4.78 is 13.8. The van der Waals surface area contributed by atoms with Gasteiger partial charge >= 0.3 is 0 Å². The minimum Gasteiger partial charge on any atom is -0.344 e. The first-order valence-corrected chi connectivity index (χ1v) is 10.5. The molecule has 0 fully saturated rings. The lowest BCUT2D eigenvalue weighted by atomic mass is 9.81. The average Bonchev–Trinajstić information content (AvgIpc) is 3.13. The van der Waals surface area contributed by atoms with Crippen molar-refractivity contribution in [2.75, 3.05) is 0 Å². The smallest absolute Gasteiger partial charge is 0.163 e. The summed E-state index contributed by atoms with van der Waals surface area (Å²) in [6.45, 7) is 6.20. The molecule has 1 aromatic heterocycles.